The summed E-state index contributed by atoms with van der Waals surface area (Å²) in [5.41, 5.74) is 2.84. The van der Waals surface area contributed by atoms with Gasteiger partial charge < -0.3 is 9.88 Å². The molecule has 0 bridgehead atoms. The normalized spacial score (nSPS) is 10.6. The maximum atomic E-state index is 12.3. The quantitative estimate of drug-likeness (QED) is 0.428. The van der Waals surface area contributed by atoms with Crippen LogP contribution in [-0.2, 0) is 17.8 Å². The Morgan fingerprint density at radius 2 is 2.04 bits per heavy atom. The number of hydrogen-bond donors (Lipinski definition) is 1. The summed E-state index contributed by atoms with van der Waals surface area (Å²) in [6, 6.07) is 15.5. The minimum atomic E-state index is -0.104. The minimum Gasteiger partial charge on any atom is -0.325 e. The molecule has 0 saturated heterocycles. The van der Waals surface area contributed by atoms with Gasteiger partial charge in [0.2, 0.25) is 5.91 Å². The molecule has 5 nitrogen and oxygen atoms in total. The number of thioether (sulfide) groups is 1. The van der Waals surface area contributed by atoms with E-state index in [0.717, 1.165) is 22.6 Å². The van der Waals surface area contributed by atoms with Crippen LogP contribution >= 0.6 is 23.4 Å². The van der Waals surface area contributed by atoms with Crippen molar-refractivity contribution in [3.05, 3.63) is 83.2 Å². The fourth-order valence-electron chi connectivity index (χ4n) is 2.73. The Balaban J connectivity index is 1.66. The number of rotatable bonds is 8. The van der Waals surface area contributed by atoms with Gasteiger partial charge in [-0.05, 0) is 36.2 Å². The highest BCUT2D eigenvalue weighted by Gasteiger charge is 2.14. The molecule has 0 spiro atoms. The summed E-state index contributed by atoms with van der Waals surface area (Å²) < 4.78 is 1.99. The third-order valence-corrected chi connectivity index (χ3v) is 5.31. The van der Waals surface area contributed by atoms with Crippen molar-refractivity contribution >= 4 is 35.0 Å². The lowest BCUT2D eigenvalue weighted by Gasteiger charge is -2.10. The lowest BCUT2D eigenvalue weighted by Crippen LogP contribution is -2.15. The largest absolute Gasteiger partial charge is 0.325 e. The van der Waals surface area contributed by atoms with E-state index >= 15 is 0 Å². The molecule has 3 rings (SSSR count). The second-order valence-electron chi connectivity index (χ2n) is 6.26. The van der Waals surface area contributed by atoms with Crippen molar-refractivity contribution in [1.29, 1.82) is 0 Å². The van der Waals surface area contributed by atoms with Crippen LogP contribution in [0.15, 0.2) is 66.3 Å². The first-order valence-corrected chi connectivity index (χ1v) is 10.2. The van der Waals surface area contributed by atoms with Gasteiger partial charge in [-0.15, -0.1) is 16.8 Å². The van der Waals surface area contributed by atoms with E-state index in [2.05, 4.69) is 34.2 Å². The molecule has 1 amide bonds. The van der Waals surface area contributed by atoms with E-state index in [4.69, 9.17) is 11.6 Å². The molecule has 0 atom stereocenters. The number of amides is 1. The van der Waals surface area contributed by atoms with Gasteiger partial charge in [0.25, 0.3) is 0 Å². The average Bonchev–Trinajstić information content (AvgIpc) is 3.05. The Kier molecular flexibility index (Phi) is 6.90. The molecule has 1 aromatic heterocycles. The number of halogens is 1. The van der Waals surface area contributed by atoms with E-state index in [0.29, 0.717) is 23.1 Å². The van der Waals surface area contributed by atoms with Crippen molar-refractivity contribution in [1.82, 2.24) is 14.8 Å². The summed E-state index contributed by atoms with van der Waals surface area (Å²) in [5, 5.41) is 12.8. The molecule has 0 radical (unpaired) electrons. The highest BCUT2D eigenvalue weighted by molar-refractivity contribution is 7.99. The molecule has 0 aliphatic heterocycles. The Bertz CT molecular complexity index is 972. The van der Waals surface area contributed by atoms with Crippen molar-refractivity contribution in [2.24, 2.45) is 0 Å². The summed E-state index contributed by atoms with van der Waals surface area (Å²) in [7, 11) is 0. The first kappa shape index (κ1) is 20.2. The van der Waals surface area contributed by atoms with Crippen LogP contribution in [0.1, 0.15) is 17.0 Å². The number of aryl methyl sites for hydroxylation is 1. The molecule has 28 heavy (non-hydrogen) atoms. The Hall–Kier alpha value is -2.57. The van der Waals surface area contributed by atoms with Crippen LogP contribution < -0.4 is 5.32 Å². The van der Waals surface area contributed by atoms with Gasteiger partial charge in [0.05, 0.1) is 5.75 Å². The third kappa shape index (κ3) is 5.24. The van der Waals surface area contributed by atoms with Gasteiger partial charge in [-0.1, -0.05) is 59.8 Å². The minimum absolute atomic E-state index is 0.104. The molecular weight excluding hydrogens is 392 g/mol. The molecule has 0 saturated carbocycles. The number of anilines is 1. The van der Waals surface area contributed by atoms with Crippen molar-refractivity contribution < 1.29 is 4.79 Å². The molecule has 0 aliphatic rings. The zero-order valence-electron chi connectivity index (χ0n) is 15.6. The molecule has 1 N–H and O–H groups in total. The van der Waals surface area contributed by atoms with E-state index in [9.17, 15) is 4.79 Å². The van der Waals surface area contributed by atoms with Crippen LogP contribution in [0.4, 0.5) is 5.69 Å². The predicted octanol–water partition coefficient (Wildman–Crippen LogP) is 4.75. The zero-order valence-corrected chi connectivity index (χ0v) is 17.1. The number of aromatic nitrogens is 3. The Morgan fingerprint density at radius 3 is 2.75 bits per heavy atom. The molecule has 7 heteroatoms. The number of nitrogens with one attached hydrogen (secondary N) is 1. The highest BCUT2D eigenvalue weighted by Crippen LogP contribution is 2.22. The van der Waals surface area contributed by atoms with Crippen LogP contribution in [0, 0.1) is 6.92 Å². The van der Waals surface area contributed by atoms with Crippen molar-refractivity contribution in [3.8, 4) is 0 Å². The number of carbonyl (C=O) groups excluding carboxylic acids is 1. The van der Waals surface area contributed by atoms with Crippen molar-refractivity contribution in [2.75, 3.05) is 11.1 Å². The summed E-state index contributed by atoms with van der Waals surface area (Å²) in [5.74, 6) is 0.985. The van der Waals surface area contributed by atoms with Crippen LogP contribution in [0.3, 0.4) is 0 Å². The first-order chi connectivity index (χ1) is 13.6. The number of hydrogen-bond acceptors (Lipinski definition) is 4. The summed E-state index contributed by atoms with van der Waals surface area (Å²) in [4.78, 5) is 12.3. The molecular formula is C21H21ClN4OS. The topological polar surface area (TPSA) is 59.8 Å². The van der Waals surface area contributed by atoms with Crippen molar-refractivity contribution in [3.63, 3.8) is 0 Å². The second kappa shape index (κ2) is 9.57. The number of allylic oxidation sites excluding steroid dienone is 1. The van der Waals surface area contributed by atoms with Gasteiger partial charge >= 0.3 is 0 Å². The smallest absolute Gasteiger partial charge is 0.234 e. The maximum absolute atomic E-state index is 12.3. The molecule has 0 aliphatic carbocycles. The van der Waals surface area contributed by atoms with E-state index in [1.807, 2.05) is 35.8 Å². The SMILES string of the molecule is C=CCn1c(Cc2ccccc2)nnc1SCC(=O)Nc1ccc(Cl)cc1C. The lowest BCUT2D eigenvalue weighted by atomic mass is 10.1. The highest BCUT2D eigenvalue weighted by atomic mass is 35.5. The zero-order chi connectivity index (χ0) is 19.9. The molecule has 2 aromatic carbocycles. The average molecular weight is 413 g/mol. The standard InChI is InChI=1S/C21H21ClN4OS/c1-3-11-26-19(13-16-7-5-4-6-8-16)24-25-21(26)28-14-20(27)23-18-10-9-17(22)12-15(18)2/h3-10,12H,1,11,13-14H2,2H3,(H,23,27). The number of carbonyl (C=O) groups is 1. The van der Waals surface area contributed by atoms with Gasteiger partial charge in [0.15, 0.2) is 5.16 Å². The molecule has 144 valence electrons. The van der Waals surface area contributed by atoms with Crippen molar-refractivity contribution in [2.45, 2.75) is 25.0 Å². The predicted molar refractivity (Wildman–Crippen MR) is 115 cm³/mol. The van der Waals surface area contributed by atoms with Crippen LogP contribution in [0.25, 0.3) is 0 Å². The first-order valence-electron chi connectivity index (χ1n) is 8.82. The summed E-state index contributed by atoms with van der Waals surface area (Å²) in [6.45, 7) is 6.32. The second-order valence-corrected chi connectivity index (χ2v) is 7.64. The van der Waals surface area contributed by atoms with Gasteiger partial charge in [0.1, 0.15) is 5.82 Å². The number of nitrogens with zero attached hydrogens (tertiary/aromatic N) is 3. The fraction of sp³-hybridized carbons (Fsp3) is 0.190. The van der Waals surface area contributed by atoms with Gasteiger partial charge in [-0.25, -0.2) is 0 Å². The van der Waals surface area contributed by atoms with E-state index in [-0.39, 0.29) is 11.7 Å². The molecule has 3 aromatic rings. The van der Waals surface area contributed by atoms with E-state index in [1.165, 1.54) is 11.8 Å². The monoisotopic (exact) mass is 412 g/mol. The molecule has 1 heterocycles. The van der Waals surface area contributed by atoms with E-state index in [1.54, 1.807) is 18.2 Å². The van der Waals surface area contributed by atoms with Crippen LogP contribution in [0.5, 0.6) is 0 Å². The maximum Gasteiger partial charge on any atom is 0.234 e. The van der Waals surface area contributed by atoms with Gasteiger partial charge in [-0.2, -0.15) is 0 Å². The summed E-state index contributed by atoms with van der Waals surface area (Å²) in [6.07, 6.45) is 2.48. The molecule has 0 unspecified atom stereocenters. The third-order valence-electron chi connectivity index (χ3n) is 4.11. The lowest BCUT2D eigenvalue weighted by molar-refractivity contribution is -0.113. The van der Waals surface area contributed by atoms with Crippen LogP contribution in [-0.4, -0.2) is 26.4 Å². The van der Waals surface area contributed by atoms with Gasteiger partial charge in [-0.3, -0.25) is 4.79 Å². The Morgan fingerprint density at radius 1 is 1.25 bits per heavy atom. The van der Waals surface area contributed by atoms with Crippen LogP contribution in [0.2, 0.25) is 5.02 Å². The fourth-order valence-corrected chi connectivity index (χ4v) is 3.72. The van der Waals surface area contributed by atoms with Gasteiger partial charge in [0, 0.05) is 23.7 Å². The molecule has 0 fully saturated rings. The number of benzene rings is 2. The van der Waals surface area contributed by atoms with E-state index < -0.39 is 0 Å². The Labute approximate surface area is 173 Å². The summed E-state index contributed by atoms with van der Waals surface area (Å²) >= 11 is 7.32.